The van der Waals surface area contributed by atoms with Crippen molar-refractivity contribution in [3.63, 3.8) is 0 Å². The van der Waals surface area contributed by atoms with Crippen molar-refractivity contribution in [3.05, 3.63) is 72.8 Å². The second kappa shape index (κ2) is 10.8. The number of methoxy groups -OCH3 is 2. The molecule has 2 aromatic rings. The molecule has 33 heavy (non-hydrogen) atoms. The van der Waals surface area contributed by atoms with Crippen molar-refractivity contribution in [1.82, 2.24) is 0 Å². The summed E-state index contributed by atoms with van der Waals surface area (Å²) in [5, 5.41) is 0. The maximum Gasteiger partial charge on any atom is 0.352 e. The molecule has 1 saturated heterocycles. The molecule has 0 saturated carbocycles. The highest BCUT2D eigenvalue weighted by molar-refractivity contribution is 6.05. The first-order valence-corrected chi connectivity index (χ1v) is 10.4. The highest BCUT2D eigenvalue weighted by Gasteiger charge is 2.53. The number of nitrogens with zero attached hydrogens (tertiary/aromatic N) is 1. The number of benzene rings is 2. The van der Waals surface area contributed by atoms with Gasteiger partial charge in [-0.25, -0.2) is 4.79 Å². The van der Waals surface area contributed by atoms with Gasteiger partial charge in [0.05, 0.1) is 7.11 Å². The average molecular weight is 453 g/mol. The van der Waals surface area contributed by atoms with Crippen LogP contribution in [0.1, 0.15) is 25.0 Å². The number of carbonyl (C=O) groups excluding carboxylic acids is 3. The summed E-state index contributed by atoms with van der Waals surface area (Å²) < 4.78 is 21.6. The molecule has 0 aromatic heterocycles. The van der Waals surface area contributed by atoms with E-state index in [2.05, 4.69) is 6.58 Å². The fraction of sp³-hybridized carbons (Fsp3) is 0.320. The van der Waals surface area contributed by atoms with Crippen molar-refractivity contribution >= 4 is 23.5 Å². The maximum atomic E-state index is 13.1. The van der Waals surface area contributed by atoms with Crippen molar-refractivity contribution in [2.75, 3.05) is 19.1 Å². The lowest BCUT2D eigenvalue weighted by Crippen LogP contribution is -2.70. The Kier molecular flexibility index (Phi) is 7.84. The van der Waals surface area contributed by atoms with Crippen LogP contribution in [0.3, 0.4) is 0 Å². The smallest absolute Gasteiger partial charge is 0.352 e. The number of ether oxygens (including phenoxy) is 4. The molecule has 1 heterocycles. The van der Waals surface area contributed by atoms with Crippen molar-refractivity contribution in [2.45, 2.75) is 37.7 Å². The topological polar surface area (TPSA) is 91.4 Å². The molecule has 0 unspecified atom stereocenters. The van der Waals surface area contributed by atoms with Crippen LogP contribution in [-0.4, -0.2) is 50.3 Å². The fourth-order valence-electron chi connectivity index (χ4n) is 3.81. The Balaban J connectivity index is 1.88. The monoisotopic (exact) mass is 453 g/mol. The van der Waals surface area contributed by atoms with Gasteiger partial charge in [0.2, 0.25) is 6.10 Å². The molecule has 2 aromatic carbocycles. The molecule has 3 rings (SSSR count). The van der Waals surface area contributed by atoms with Crippen LogP contribution >= 0.6 is 0 Å². The van der Waals surface area contributed by atoms with Crippen LogP contribution < -0.4 is 9.64 Å². The number of anilines is 1. The Morgan fingerprint density at radius 2 is 1.73 bits per heavy atom. The van der Waals surface area contributed by atoms with Gasteiger partial charge >= 0.3 is 11.9 Å². The third-order valence-corrected chi connectivity index (χ3v) is 5.34. The molecule has 1 aliphatic heterocycles. The van der Waals surface area contributed by atoms with E-state index in [1.165, 1.54) is 18.9 Å². The average Bonchev–Trinajstić information content (AvgIpc) is 2.81. The Bertz CT molecular complexity index is 990. The van der Waals surface area contributed by atoms with E-state index in [-0.39, 0.29) is 12.3 Å². The van der Waals surface area contributed by atoms with E-state index in [1.54, 1.807) is 67.8 Å². The minimum absolute atomic E-state index is 0.252. The van der Waals surface area contributed by atoms with E-state index in [9.17, 15) is 14.4 Å². The zero-order valence-electron chi connectivity index (χ0n) is 18.8. The van der Waals surface area contributed by atoms with E-state index in [1.807, 2.05) is 0 Å². The molecule has 0 bridgehead atoms. The molecule has 8 nitrogen and oxygen atoms in total. The molecule has 8 heteroatoms. The highest BCUT2D eigenvalue weighted by Crippen LogP contribution is 2.35. The van der Waals surface area contributed by atoms with Crippen LogP contribution in [0.25, 0.3) is 0 Å². The Labute approximate surface area is 192 Å². The molecule has 1 fully saturated rings. The zero-order valence-corrected chi connectivity index (χ0v) is 18.8. The molecule has 0 radical (unpaired) electrons. The first-order chi connectivity index (χ1) is 15.9. The van der Waals surface area contributed by atoms with Crippen molar-refractivity contribution < 1.29 is 33.3 Å². The number of β-lactam (4-membered cyclic amide) rings is 1. The lowest BCUT2D eigenvalue weighted by atomic mass is 9.89. The summed E-state index contributed by atoms with van der Waals surface area (Å²) in [5.41, 5.74) is 1.10. The Morgan fingerprint density at radius 3 is 2.27 bits per heavy atom. The molecule has 1 amide bonds. The third-order valence-electron chi connectivity index (χ3n) is 5.34. The van der Waals surface area contributed by atoms with Crippen LogP contribution in [0.2, 0.25) is 0 Å². The number of amides is 1. The van der Waals surface area contributed by atoms with Gasteiger partial charge in [-0.2, -0.15) is 0 Å². The predicted molar refractivity (Wildman–Crippen MR) is 121 cm³/mol. The van der Waals surface area contributed by atoms with E-state index in [0.29, 0.717) is 17.0 Å². The highest BCUT2D eigenvalue weighted by atomic mass is 16.6. The van der Waals surface area contributed by atoms with Gasteiger partial charge in [-0.15, -0.1) is 6.58 Å². The van der Waals surface area contributed by atoms with E-state index in [0.717, 1.165) is 0 Å². The van der Waals surface area contributed by atoms with Gasteiger partial charge < -0.3 is 23.8 Å². The van der Waals surface area contributed by atoms with Gasteiger partial charge in [-0.05, 0) is 24.3 Å². The second-order valence-electron chi connectivity index (χ2n) is 7.45. The number of rotatable bonds is 10. The quantitative estimate of drug-likeness (QED) is 0.310. The van der Waals surface area contributed by atoms with Gasteiger partial charge in [0.1, 0.15) is 17.9 Å². The van der Waals surface area contributed by atoms with Crippen LogP contribution in [0, 0.1) is 0 Å². The van der Waals surface area contributed by atoms with Crippen molar-refractivity contribution in [1.29, 1.82) is 0 Å². The van der Waals surface area contributed by atoms with Gasteiger partial charge in [-0.1, -0.05) is 36.4 Å². The van der Waals surface area contributed by atoms with Crippen LogP contribution in [0.5, 0.6) is 5.75 Å². The normalized spacial score (nSPS) is 19.1. The Hall–Kier alpha value is -3.65. The van der Waals surface area contributed by atoms with E-state index in [4.69, 9.17) is 18.9 Å². The minimum atomic E-state index is -1.23. The van der Waals surface area contributed by atoms with Crippen LogP contribution in [0.15, 0.2) is 67.3 Å². The SMILES string of the molecule is C=CC[C@@H](OC(=O)[C@@H](OC(C)=O)c1ccccc1)[C@H]1[C@@H](OC)C(=O)N1c1ccc(OC)cc1. The lowest BCUT2D eigenvalue weighted by Gasteiger charge is -2.48. The molecule has 1 aliphatic rings. The lowest BCUT2D eigenvalue weighted by molar-refractivity contribution is -0.175. The van der Waals surface area contributed by atoms with Crippen molar-refractivity contribution in [2.24, 2.45) is 0 Å². The summed E-state index contributed by atoms with van der Waals surface area (Å²) >= 11 is 0. The zero-order chi connectivity index (χ0) is 24.0. The third kappa shape index (κ3) is 5.23. The first kappa shape index (κ1) is 24.0. The Morgan fingerprint density at radius 1 is 1.06 bits per heavy atom. The summed E-state index contributed by atoms with van der Waals surface area (Å²) in [6.45, 7) is 4.98. The summed E-state index contributed by atoms with van der Waals surface area (Å²) in [7, 11) is 2.98. The van der Waals surface area contributed by atoms with E-state index < -0.39 is 36.3 Å². The fourth-order valence-corrected chi connectivity index (χ4v) is 3.81. The summed E-state index contributed by atoms with van der Waals surface area (Å²) in [4.78, 5) is 39.1. The predicted octanol–water partition coefficient (Wildman–Crippen LogP) is 3.22. The number of carbonyl (C=O) groups is 3. The van der Waals surface area contributed by atoms with E-state index >= 15 is 0 Å². The largest absolute Gasteiger partial charge is 0.497 e. The van der Waals surface area contributed by atoms with Crippen molar-refractivity contribution in [3.8, 4) is 5.75 Å². The molecule has 174 valence electrons. The second-order valence-corrected chi connectivity index (χ2v) is 7.45. The van der Waals surface area contributed by atoms with Gasteiger partial charge in [-0.3, -0.25) is 9.59 Å². The molecule has 0 N–H and O–H groups in total. The summed E-state index contributed by atoms with van der Waals surface area (Å²) in [6, 6.07) is 15.0. The van der Waals surface area contributed by atoms with Crippen LogP contribution in [-0.2, 0) is 28.6 Å². The summed E-state index contributed by atoms with van der Waals surface area (Å²) in [6.07, 6.45) is -0.946. The van der Waals surface area contributed by atoms with Crippen LogP contribution in [0.4, 0.5) is 5.69 Å². The maximum absolute atomic E-state index is 13.1. The molecule has 0 spiro atoms. The first-order valence-electron chi connectivity index (χ1n) is 10.4. The molecular formula is C25H27NO7. The molecule has 4 atom stereocenters. The van der Waals surface area contributed by atoms with Gasteiger partial charge in [0.15, 0.2) is 6.10 Å². The summed E-state index contributed by atoms with van der Waals surface area (Å²) in [5.74, 6) is -0.966. The molecular weight excluding hydrogens is 426 g/mol. The number of hydrogen-bond donors (Lipinski definition) is 0. The standard InChI is InChI=1S/C25H27NO7/c1-5-9-20(33-25(29)22(32-16(2)27)17-10-7-6-8-11-17)21-23(31-4)24(28)26(21)18-12-14-19(30-3)15-13-18/h5-8,10-15,20-23H,1,9H2,2-4H3/t20-,21+,22+,23-/m1/s1. The van der Waals surface area contributed by atoms with Gasteiger partial charge in [0.25, 0.3) is 5.91 Å². The molecule has 0 aliphatic carbocycles. The number of hydrogen-bond acceptors (Lipinski definition) is 7. The van der Waals surface area contributed by atoms with Gasteiger partial charge in [0, 0.05) is 31.7 Å². The number of esters is 2. The minimum Gasteiger partial charge on any atom is -0.497 e.